The Morgan fingerprint density at radius 2 is 2.08 bits per heavy atom. The molecule has 1 fully saturated rings. The lowest BCUT2D eigenvalue weighted by molar-refractivity contribution is -0.138. The molecule has 1 aromatic carbocycles. The molecule has 3 atom stereocenters. The van der Waals surface area contributed by atoms with Crippen LogP contribution in [0, 0.1) is 5.92 Å². The number of carbonyl (C=O) groups excluding carboxylic acids is 1. The molecule has 1 saturated heterocycles. The molecule has 0 saturated carbocycles. The second-order valence-electron chi connectivity index (χ2n) is 6.50. The molecule has 7 heteroatoms. The van der Waals surface area contributed by atoms with E-state index in [2.05, 4.69) is 5.32 Å². The van der Waals surface area contributed by atoms with Crippen molar-refractivity contribution < 1.29 is 18.0 Å². The van der Waals surface area contributed by atoms with Gasteiger partial charge in [0.2, 0.25) is 5.91 Å². The Hall–Kier alpha value is -1.27. The Bertz CT molecular complexity index is 580. The number of carbonyl (C=O) groups is 1. The van der Waals surface area contributed by atoms with Gasteiger partial charge in [0.1, 0.15) is 0 Å². The van der Waals surface area contributed by atoms with Crippen molar-refractivity contribution >= 4 is 18.3 Å². The molecule has 1 aliphatic heterocycles. The standard InChI is InChI=1S/C18H25F3N2O.ClH/c1-4-23(17(24)15-8-9-22-12(2)10-15)13(3)14-6-5-7-16(11-14)18(19,20)21;/h5-7,11-13,15,22H,4,8-10H2,1-3H3;1H/t12-,13?,15-;/m0./s1. The minimum Gasteiger partial charge on any atom is -0.336 e. The van der Waals surface area contributed by atoms with Gasteiger partial charge < -0.3 is 10.2 Å². The zero-order valence-corrected chi connectivity index (χ0v) is 15.6. The minimum atomic E-state index is -4.37. The number of halogens is 4. The van der Waals surface area contributed by atoms with Crippen molar-refractivity contribution in [1.82, 2.24) is 10.2 Å². The van der Waals surface area contributed by atoms with Gasteiger partial charge in [-0.3, -0.25) is 4.79 Å². The monoisotopic (exact) mass is 378 g/mol. The third-order valence-electron chi connectivity index (χ3n) is 4.76. The van der Waals surface area contributed by atoms with Crippen molar-refractivity contribution in [2.75, 3.05) is 13.1 Å². The summed E-state index contributed by atoms with van der Waals surface area (Å²) in [6.07, 6.45) is -2.83. The molecule has 0 radical (unpaired) electrons. The van der Waals surface area contributed by atoms with Crippen LogP contribution in [0.15, 0.2) is 24.3 Å². The van der Waals surface area contributed by atoms with E-state index in [0.717, 1.165) is 31.5 Å². The van der Waals surface area contributed by atoms with E-state index in [1.54, 1.807) is 17.9 Å². The Kier molecular flexibility index (Phi) is 7.75. The van der Waals surface area contributed by atoms with Gasteiger partial charge in [0.25, 0.3) is 0 Å². The maximum absolute atomic E-state index is 12.9. The highest BCUT2D eigenvalue weighted by Crippen LogP contribution is 2.32. The molecule has 0 bridgehead atoms. The fourth-order valence-corrected chi connectivity index (χ4v) is 3.37. The molecule has 25 heavy (non-hydrogen) atoms. The first-order valence-electron chi connectivity index (χ1n) is 8.45. The molecule has 3 nitrogen and oxygen atoms in total. The van der Waals surface area contributed by atoms with E-state index >= 15 is 0 Å². The van der Waals surface area contributed by atoms with E-state index in [-0.39, 0.29) is 36.3 Å². The molecule has 1 N–H and O–H groups in total. The summed E-state index contributed by atoms with van der Waals surface area (Å²) in [6.45, 7) is 6.99. The molecule has 1 unspecified atom stereocenters. The van der Waals surface area contributed by atoms with E-state index in [1.807, 2.05) is 13.8 Å². The lowest BCUT2D eigenvalue weighted by Crippen LogP contribution is -2.44. The van der Waals surface area contributed by atoms with Crippen molar-refractivity contribution in [3.05, 3.63) is 35.4 Å². The molecule has 0 spiro atoms. The zero-order chi connectivity index (χ0) is 17.9. The first kappa shape index (κ1) is 21.8. The van der Waals surface area contributed by atoms with Crippen molar-refractivity contribution in [1.29, 1.82) is 0 Å². The summed E-state index contributed by atoms with van der Waals surface area (Å²) >= 11 is 0. The van der Waals surface area contributed by atoms with E-state index < -0.39 is 11.7 Å². The van der Waals surface area contributed by atoms with Gasteiger partial charge in [-0.25, -0.2) is 0 Å². The average molecular weight is 379 g/mol. The molecule has 0 aliphatic carbocycles. The summed E-state index contributed by atoms with van der Waals surface area (Å²) in [5.41, 5.74) is -0.159. The first-order valence-corrected chi connectivity index (χ1v) is 8.45. The molecule has 0 aromatic heterocycles. The van der Waals surface area contributed by atoms with Gasteiger partial charge in [0, 0.05) is 18.5 Å². The topological polar surface area (TPSA) is 32.3 Å². The van der Waals surface area contributed by atoms with E-state index in [9.17, 15) is 18.0 Å². The van der Waals surface area contributed by atoms with Gasteiger partial charge in [-0.2, -0.15) is 13.2 Å². The summed E-state index contributed by atoms with van der Waals surface area (Å²) in [5, 5.41) is 3.31. The summed E-state index contributed by atoms with van der Waals surface area (Å²) in [6, 6.07) is 5.17. The Morgan fingerprint density at radius 1 is 1.40 bits per heavy atom. The number of nitrogens with one attached hydrogen (secondary N) is 1. The van der Waals surface area contributed by atoms with Crippen LogP contribution in [0.5, 0.6) is 0 Å². The number of nitrogens with zero attached hydrogens (tertiary/aromatic N) is 1. The van der Waals surface area contributed by atoms with Gasteiger partial charge in [-0.05, 0) is 57.9 Å². The van der Waals surface area contributed by atoms with Crippen molar-refractivity contribution in [2.24, 2.45) is 5.92 Å². The second kappa shape index (κ2) is 8.90. The number of amides is 1. The van der Waals surface area contributed by atoms with Crippen LogP contribution in [-0.2, 0) is 11.0 Å². The number of hydrogen-bond donors (Lipinski definition) is 1. The third-order valence-corrected chi connectivity index (χ3v) is 4.76. The van der Waals surface area contributed by atoms with Crippen molar-refractivity contribution in [2.45, 2.75) is 51.9 Å². The van der Waals surface area contributed by atoms with E-state index in [1.165, 1.54) is 6.07 Å². The van der Waals surface area contributed by atoms with Gasteiger partial charge in [-0.15, -0.1) is 12.4 Å². The van der Waals surface area contributed by atoms with Gasteiger partial charge in [0.05, 0.1) is 11.6 Å². The largest absolute Gasteiger partial charge is 0.416 e. The van der Waals surface area contributed by atoms with Crippen LogP contribution in [0.25, 0.3) is 0 Å². The Labute approximate surface area is 153 Å². The lowest BCUT2D eigenvalue weighted by atomic mass is 9.91. The molecule has 1 aromatic rings. The number of alkyl halides is 3. The average Bonchev–Trinajstić information content (AvgIpc) is 2.54. The quantitative estimate of drug-likeness (QED) is 0.840. The number of benzene rings is 1. The number of piperidine rings is 1. The normalized spacial score (nSPS) is 22.0. The fraction of sp³-hybridized carbons (Fsp3) is 0.611. The van der Waals surface area contributed by atoms with Crippen LogP contribution in [0.1, 0.15) is 50.8 Å². The summed E-state index contributed by atoms with van der Waals surface area (Å²) in [5.74, 6) is -0.0230. The highest BCUT2D eigenvalue weighted by Gasteiger charge is 2.33. The van der Waals surface area contributed by atoms with Crippen molar-refractivity contribution in [3.63, 3.8) is 0 Å². The zero-order valence-electron chi connectivity index (χ0n) is 14.8. The van der Waals surface area contributed by atoms with Gasteiger partial charge in [-0.1, -0.05) is 12.1 Å². The molecule has 1 heterocycles. The SMILES string of the molecule is CCN(C(=O)[C@H]1CCN[C@@H](C)C1)C(C)c1cccc(C(F)(F)F)c1.Cl. The summed E-state index contributed by atoms with van der Waals surface area (Å²) in [7, 11) is 0. The second-order valence-corrected chi connectivity index (χ2v) is 6.50. The molecule has 1 aliphatic rings. The third kappa shape index (κ3) is 5.35. The van der Waals surface area contributed by atoms with E-state index in [0.29, 0.717) is 12.1 Å². The van der Waals surface area contributed by atoms with Crippen LogP contribution in [0.4, 0.5) is 13.2 Å². The maximum atomic E-state index is 12.9. The predicted molar refractivity (Wildman–Crippen MR) is 94.7 cm³/mol. The van der Waals surface area contributed by atoms with Gasteiger partial charge >= 0.3 is 6.18 Å². The summed E-state index contributed by atoms with van der Waals surface area (Å²) < 4.78 is 38.8. The predicted octanol–water partition coefficient (Wildman–Crippen LogP) is 4.42. The highest BCUT2D eigenvalue weighted by molar-refractivity contribution is 5.85. The Morgan fingerprint density at radius 3 is 2.64 bits per heavy atom. The molecular weight excluding hydrogens is 353 g/mol. The van der Waals surface area contributed by atoms with Crippen LogP contribution >= 0.6 is 12.4 Å². The number of hydrogen-bond acceptors (Lipinski definition) is 2. The van der Waals surface area contributed by atoms with Crippen LogP contribution < -0.4 is 5.32 Å². The van der Waals surface area contributed by atoms with E-state index in [4.69, 9.17) is 0 Å². The fourth-order valence-electron chi connectivity index (χ4n) is 3.37. The van der Waals surface area contributed by atoms with Crippen LogP contribution in [-0.4, -0.2) is 29.9 Å². The minimum absolute atomic E-state index is 0. The molecular formula is C18H26ClF3N2O. The summed E-state index contributed by atoms with van der Waals surface area (Å²) in [4.78, 5) is 14.5. The molecule has 2 rings (SSSR count). The van der Waals surface area contributed by atoms with Crippen molar-refractivity contribution in [3.8, 4) is 0 Å². The number of rotatable bonds is 4. The Balaban J connectivity index is 0.00000312. The van der Waals surface area contributed by atoms with Gasteiger partial charge in [0.15, 0.2) is 0 Å². The molecule has 1 amide bonds. The smallest absolute Gasteiger partial charge is 0.336 e. The lowest BCUT2D eigenvalue weighted by Gasteiger charge is -2.35. The van der Waals surface area contributed by atoms with Crippen LogP contribution in [0.3, 0.4) is 0 Å². The highest BCUT2D eigenvalue weighted by atomic mass is 35.5. The maximum Gasteiger partial charge on any atom is 0.416 e. The first-order chi connectivity index (χ1) is 11.2. The van der Waals surface area contributed by atoms with Crippen LogP contribution in [0.2, 0.25) is 0 Å². The molecule has 142 valence electrons.